The van der Waals surface area contributed by atoms with E-state index in [0.717, 1.165) is 16.9 Å². The second-order valence-corrected chi connectivity index (χ2v) is 3.67. The largest absolute Gasteiger partial charge is 0.397 e. The molecule has 0 saturated carbocycles. The number of rotatable bonds is 2. The molecule has 0 unspecified atom stereocenters. The zero-order chi connectivity index (χ0) is 11.5. The predicted octanol–water partition coefficient (Wildman–Crippen LogP) is 3.46. The van der Waals surface area contributed by atoms with Crippen LogP contribution in [0.1, 0.15) is 5.56 Å². The maximum atomic E-state index is 12.7. The van der Waals surface area contributed by atoms with Gasteiger partial charge in [0.2, 0.25) is 0 Å². The first-order valence-electron chi connectivity index (χ1n) is 5.04. The minimum absolute atomic E-state index is 0.247. The van der Waals surface area contributed by atoms with Gasteiger partial charge in [0, 0.05) is 5.69 Å². The number of halogens is 1. The standard InChI is InChI=1S/C13H13FN2/c1-9-3-2-4-12(13(9)15)16-11-7-5-10(14)6-8-11/h2-8,16H,15H2,1H3. The minimum atomic E-state index is -0.247. The molecule has 0 atom stereocenters. The van der Waals surface area contributed by atoms with Gasteiger partial charge in [-0.15, -0.1) is 0 Å². The third-order valence-corrected chi connectivity index (χ3v) is 2.45. The molecule has 0 aromatic heterocycles. The van der Waals surface area contributed by atoms with Gasteiger partial charge in [0.05, 0.1) is 11.4 Å². The van der Waals surface area contributed by atoms with Crippen molar-refractivity contribution in [2.45, 2.75) is 6.92 Å². The van der Waals surface area contributed by atoms with E-state index in [1.165, 1.54) is 12.1 Å². The molecule has 0 amide bonds. The van der Waals surface area contributed by atoms with Crippen molar-refractivity contribution >= 4 is 17.1 Å². The average molecular weight is 216 g/mol. The fraction of sp³-hybridized carbons (Fsp3) is 0.0769. The first-order chi connectivity index (χ1) is 7.66. The molecule has 16 heavy (non-hydrogen) atoms. The Balaban J connectivity index is 2.27. The van der Waals surface area contributed by atoms with Crippen molar-refractivity contribution in [3.63, 3.8) is 0 Å². The summed E-state index contributed by atoms with van der Waals surface area (Å²) in [7, 11) is 0. The van der Waals surface area contributed by atoms with Gasteiger partial charge in [-0.2, -0.15) is 0 Å². The van der Waals surface area contributed by atoms with E-state index in [-0.39, 0.29) is 5.82 Å². The number of hydrogen-bond donors (Lipinski definition) is 2. The maximum absolute atomic E-state index is 12.7. The molecule has 0 radical (unpaired) electrons. The highest BCUT2D eigenvalue weighted by atomic mass is 19.1. The molecule has 3 heteroatoms. The number of hydrogen-bond acceptors (Lipinski definition) is 2. The highest BCUT2D eigenvalue weighted by Gasteiger charge is 2.01. The summed E-state index contributed by atoms with van der Waals surface area (Å²) in [4.78, 5) is 0. The molecule has 0 aliphatic rings. The molecule has 2 aromatic rings. The Hall–Kier alpha value is -2.03. The van der Waals surface area contributed by atoms with E-state index in [4.69, 9.17) is 5.73 Å². The molecule has 2 rings (SSSR count). The summed E-state index contributed by atoms with van der Waals surface area (Å²) in [6, 6.07) is 11.9. The number of nitrogen functional groups attached to an aromatic ring is 1. The topological polar surface area (TPSA) is 38.0 Å². The first kappa shape index (κ1) is 10.5. The monoisotopic (exact) mass is 216 g/mol. The van der Waals surface area contributed by atoms with E-state index in [2.05, 4.69) is 5.32 Å². The summed E-state index contributed by atoms with van der Waals surface area (Å²) in [5, 5.41) is 3.15. The zero-order valence-electron chi connectivity index (χ0n) is 9.00. The van der Waals surface area contributed by atoms with Crippen molar-refractivity contribution < 1.29 is 4.39 Å². The van der Waals surface area contributed by atoms with Gasteiger partial charge in [-0.05, 0) is 42.8 Å². The molecule has 82 valence electrons. The Labute approximate surface area is 93.9 Å². The van der Waals surface area contributed by atoms with E-state index >= 15 is 0 Å². The molecule has 0 aliphatic heterocycles. The van der Waals surface area contributed by atoms with E-state index in [9.17, 15) is 4.39 Å². The molecule has 0 aliphatic carbocycles. The highest BCUT2D eigenvalue weighted by molar-refractivity contribution is 5.74. The summed E-state index contributed by atoms with van der Waals surface area (Å²) in [6.07, 6.45) is 0. The number of nitrogens with two attached hydrogens (primary N) is 1. The van der Waals surface area contributed by atoms with Gasteiger partial charge in [0.1, 0.15) is 5.82 Å². The molecular weight excluding hydrogens is 203 g/mol. The van der Waals surface area contributed by atoms with Crippen molar-refractivity contribution in [2.75, 3.05) is 11.1 Å². The molecule has 3 N–H and O–H groups in total. The van der Waals surface area contributed by atoms with Crippen LogP contribution in [0.5, 0.6) is 0 Å². The quantitative estimate of drug-likeness (QED) is 0.754. The lowest BCUT2D eigenvalue weighted by molar-refractivity contribution is 0.628. The number of benzene rings is 2. The molecule has 0 heterocycles. The highest BCUT2D eigenvalue weighted by Crippen LogP contribution is 2.25. The third kappa shape index (κ3) is 2.14. The Kier molecular flexibility index (Phi) is 2.77. The predicted molar refractivity (Wildman–Crippen MR) is 65.3 cm³/mol. The van der Waals surface area contributed by atoms with Crippen LogP contribution in [0, 0.1) is 12.7 Å². The van der Waals surface area contributed by atoms with E-state index in [1.807, 2.05) is 25.1 Å². The molecule has 0 spiro atoms. The van der Waals surface area contributed by atoms with E-state index in [1.54, 1.807) is 12.1 Å². The Morgan fingerprint density at radius 2 is 1.75 bits per heavy atom. The molecule has 2 aromatic carbocycles. The molecule has 2 nitrogen and oxygen atoms in total. The third-order valence-electron chi connectivity index (χ3n) is 2.45. The lowest BCUT2D eigenvalue weighted by atomic mass is 10.1. The van der Waals surface area contributed by atoms with Crippen LogP contribution in [0.3, 0.4) is 0 Å². The molecular formula is C13H13FN2. The number of nitrogens with one attached hydrogen (secondary N) is 1. The summed E-state index contributed by atoms with van der Waals surface area (Å²) in [5.74, 6) is -0.247. The van der Waals surface area contributed by atoms with Gasteiger partial charge in [-0.1, -0.05) is 12.1 Å². The SMILES string of the molecule is Cc1cccc(Nc2ccc(F)cc2)c1N. The van der Waals surface area contributed by atoms with Crippen LogP contribution in [0.2, 0.25) is 0 Å². The Morgan fingerprint density at radius 1 is 1.06 bits per heavy atom. The van der Waals surface area contributed by atoms with Crippen LogP contribution in [0.4, 0.5) is 21.5 Å². The molecule has 0 bridgehead atoms. The summed E-state index contributed by atoms with van der Waals surface area (Å²) in [6.45, 7) is 1.95. The van der Waals surface area contributed by atoms with Crippen LogP contribution in [-0.2, 0) is 0 Å². The fourth-order valence-corrected chi connectivity index (χ4v) is 1.48. The lowest BCUT2D eigenvalue weighted by Crippen LogP contribution is -1.98. The lowest BCUT2D eigenvalue weighted by Gasteiger charge is -2.10. The fourth-order valence-electron chi connectivity index (χ4n) is 1.48. The van der Waals surface area contributed by atoms with Crippen LogP contribution < -0.4 is 11.1 Å². The van der Waals surface area contributed by atoms with Crippen LogP contribution in [0.25, 0.3) is 0 Å². The Bertz CT molecular complexity index is 492. The summed E-state index contributed by atoms with van der Waals surface area (Å²) < 4.78 is 12.7. The molecule has 0 saturated heterocycles. The van der Waals surface area contributed by atoms with Crippen LogP contribution >= 0.6 is 0 Å². The van der Waals surface area contributed by atoms with Crippen molar-refractivity contribution in [1.29, 1.82) is 0 Å². The van der Waals surface area contributed by atoms with Gasteiger partial charge in [0.15, 0.2) is 0 Å². The van der Waals surface area contributed by atoms with Crippen molar-refractivity contribution in [2.24, 2.45) is 0 Å². The summed E-state index contributed by atoms with van der Waals surface area (Å²) in [5.41, 5.74) is 9.32. The van der Waals surface area contributed by atoms with Gasteiger partial charge in [0.25, 0.3) is 0 Å². The number of anilines is 3. The second kappa shape index (κ2) is 4.23. The van der Waals surface area contributed by atoms with Gasteiger partial charge in [-0.25, -0.2) is 4.39 Å². The second-order valence-electron chi connectivity index (χ2n) is 3.67. The van der Waals surface area contributed by atoms with Crippen LogP contribution in [-0.4, -0.2) is 0 Å². The van der Waals surface area contributed by atoms with E-state index < -0.39 is 0 Å². The van der Waals surface area contributed by atoms with Crippen molar-refractivity contribution in [3.05, 3.63) is 53.8 Å². The van der Waals surface area contributed by atoms with Crippen molar-refractivity contribution in [3.8, 4) is 0 Å². The van der Waals surface area contributed by atoms with E-state index in [0.29, 0.717) is 5.69 Å². The van der Waals surface area contributed by atoms with Crippen LogP contribution in [0.15, 0.2) is 42.5 Å². The summed E-state index contributed by atoms with van der Waals surface area (Å²) >= 11 is 0. The molecule has 0 fully saturated rings. The van der Waals surface area contributed by atoms with Crippen molar-refractivity contribution in [1.82, 2.24) is 0 Å². The average Bonchev–Trinajstić information content (AvgIpc) is 2.28. The normalized spacial score (nSPS) is 10.1. The number of para-hydroxylation sites is 1. The van der Waals surface area contributed by atoms with Gasteiger partial charge in [-0.3, -0.25) is 0 Å². The zero-order valence-corrected chi connectivity index (χ0v) is 9.00. The van der Waals surface area contributed by atoms with Gasteiger partial charge >= 0.3 is 0 Å². The maximum Gasteiger partial charge on any atom is 0.123 e. The Morgan fingerprint density at radius 3 is 2.44 bits per heavy atom. The minimum Gasteiger partial charge on any atom is -0.397 e. The smallest absolute Gasteiger partial charge is 0.123 e. The van der Waals surface area contributed by atoms with Gasteiger partial charge < -0.3 is 11.1 Å². The first-order valence-corrected chi connectivity index (χ1v) is 5.04. The number of aryl methyl sites for hydroxylation is 1.